The van der Waals surface area contributed by atoms with Gasteiger partial charge in [0.15, 0.2) is 5.82 Å². The Bertz CT molecular complexity index is 671. The Balaban J connectivity index is 2.13. The smallest absolute Gasteiger partial charge is 0.150 e. The van der Waals surface area contributed by atoms with Crippen molar-refractivity contribution in [3.8, 4) is 17.0 Å². The maximum atomic E-state index is 13.8. The number of rotatable bonds is 6. The fourth-order valence-corrected chi connectivity index (χ4v) is 2.67. The van der Waals surface area contributed by atoms with Crippen molar-refractivity contribution in [1.29, 1.82) is 0 Å². The number of pyridine rings is 2. The summed E-state index contributed by atoms with van der Waals surface area (Å²) in [5.74, 6) is 0.785. The second-order valence-electron chi connectivity index (χ2n) is 6.68. The molecule has 0 aliphatic heterocycles. The minimum absolute atomic E-state index is 0.389. The molecule has 0 bridgehead atoms. The van der Waals surface area contributed by atoms with Crippen LogP contribution in [0.5, 0.6) is 5.75 Å². The van der Waals surface area contributed by atoms with Crippen LogP contribution < -0.4 is 10.5 Å². The van der Waals surface area contributed by atoms with Crippen molar-refractivity contribution in [1.82, 2.24) is 9.97 Å². The van der Waals surface area contributed by atoms with Gasteiger partial charge < -0.3 is 10.5 Å². The zero-order valence-corrected chi connectivity index (χ0v) is 14.1. The summed E-state index contributed by atoms with van der Waals surface area (Å²) in [6.07, 6.45) is 3.61. The van der Waals surface area contributed by atoms with Gasteiger partial charge in [-0.1, -0.05) is 13.8 Å². The summed E-state index contributed by atoms with van der Waals surface area (Å²) >= 11 is 0. The predicted molar refractivity (Wildman–Crippen MR) is 89.7 cm³/mol. The molecule has 2 N–H and O–H groups in total. The zero-order valence-electron chi connectivity index (χ0n) is 14.1. The molecule has 2 aromatic heterocycles. The fraction of sp³-hybridized carbons (Fsp3) is 0.444. The van der Waals surface area contributed by atoms with Crippen LogP contribution in [0.3, 0.4) is 0 Å². The van der Waals surface area contributed by atoms with E-state index in [1.54, 1.807) is 18.3 Å². The first-order valence-electron chi connectivity index (χ1n) is 7.78. The number of halogens is 1. The van der Waals surface area contributed by atoms with Crippen molar-refractivity contribution in [3.63, 3.8) is 0 Å². The Kier molecular flexibility index (Phi) is 5.31. The van der Waals surface area contributed by atoms with Crippen LogP contribution in [0.15, 0.2) is 30.6 Å². The summed E-state index contributed by atoms with van der Waals surface area (Å²) in [5, 5.41) is 0. The molecule has 2 heterocycles. The number of aryl methyl sites for hydroxylation is 1. The molecule has 1 unspecified atom stereocenters. The van der Waals surface area contributed by atoms with E-state index in [2.05, 4.69) is 23.8 Å². The fourth-order valence-electron chi connectivity index (χ4n) is 2.67. The summed E-state index contributed by atoms with van der Waals surface area (Å²) in [7, 11) is 0. The van der Waals surface area contributed by atoms with Gasteiger partial charge in [-0.05, 0) is 44.4 Å². The lowest BCUT2D eigenvalue weighted by Crippen LogP contribution is -2.43. The highest BCUT2D eigenvalue weighted by Gasteiger charge is 2.21. The van der Waals surface area contributed by atoms with E-state index in [1.807, 2.05) is 19.9 Å². The summed E-state index contributed by atoms with van der Waals surface area (Å²) in [6.45, 7) is 8.51. The lowest BCUT2D eigenvalue weighted by atomic mass is 9.93. The summed E-state index contributed by atoms with van der Waals surface area (Å²) in [6, 6.07) is 5.16. The minimum Gasteiger partial charge on any atom is -0.490 e. The van der Waals surface area contributed by atoms with E-state index in [1.165, 1.54) is 6.20 Å². The van der Waals surface area contributed by atoms with Crippen molar-refractivity contribution in [3.05, 3.63) is 42.1 Å². The molecule has 0 saturated heterocycles. The topological polar surface area (TPSA) is 61.0 Å². The molecule has 2 aromatic rings. The molecule has 0 fully saturated rings. The van der Waals surface area contributed by atoms with Gasteiger partial charge in [-0.2, -0.15) is 0 Å². The highest BCUT2D eigenvalue weighted by atomic mass is 19.1. The first-order chi connectivity index (χ1) is 10.8. The molecule has 5 heteroatoms. The third kappa shape index (κ3) is 4.73. The molecule has 1 atom stereocenters. The van der Waals surface area contributed by atoms with Gasteiger partial charge in [-0.25, -0.2) is 9.37 Å². The molecule has 0 aliphatic carbocycles. The molecule has 0 aliphatic rings. The van der Waals surface area contributed by atoms with Crippen molar-refractivity contribution >= 4 is 0 Å². The first kappa shape index (κ1) is 17.3. The van der Waals surface area contributed by atoms with Crippen LogP contribution in [0.4, 0.5) is 4.39 Å². The molecular weight excluding hydrogens is 293 g/mol. The molecule has 0 radical (unpaired) electrons. The quantitative estimate of drug-likeness (QED) is 0.882. The molecule has 2 rings (SSSR count). The van der Waals surface area contributed by atoms with Crippen LogP contribution in [0.25, 0.3) is 11.3 Å². The second kappa shape index (κ2) is 7.04. The molecule has 0 spiro atoms. The Morgan fingerprint density at radius 2 is 2.04 bits per heavy atom. The summed E-state index contributed by atoms with van der Waals surface area (Å²) in [4.78, 5) is 8.18. The SMILES string of the molecule is Cc1nc(-c2ccncc2F)ccc1OCC(C)(N)CC(C)C. The normalized spacial score (nSPS) is 13.9. The number of aromatic nitrogens is 2. The molecule has 0 amide bonds. The largest absolute Gasteiger partial charge is 0.490 e. The third-order valence-electron chi connectivity index (χ3n) is 3.52. The summed E-state index contributed by atoms with van der Waals surface area (Å²) < 4.78 is 19.6. The van der Waals surface area contributed by atoms with Gasteiger partial charge in [-0.15, -0.1) is 0 Å². The van der Waals surface area contributed by atoms with Crippen molar-refractivity contribution < 1.29 is 9.13 Å². The highest BCUT2D eigenvalue weighted by Crippen LogP contribution is 2.25. The maximum absolute atomic E-state index is 13.8. The van der Waals surface area contributed by atoms with E-state index < -0.39 is 5.54 Å². The van der Waals surface area contributed by atoms with E-state index in [0.29, 0.717) is 35.2 Å². The van der Waals surface area contributed by atoms with Gasteiger partial charge in [0.2, 0.25) is 0 Å². The van der Waals surface area contributed by atoms with Gasteiger partial charge in [-0.3, -0.25) is 4.98 Å². The standard InChI is InChI=1S/C18H24FN3O/c1-12(2)9-18(4,20)11-23-17-6-5-16(22-13(17)3)14-7-8-21-10-15(14)19/h5-8,10,12H,9,11,20H2,1-4H3. The Hall–Kier alpha value is -2.01. The number of nitrogens with two attached hydrogens (primary N) is 1. The van der Waals surface area contributed by atoms with Gasteiger partial charge in [0.05, 0.1) is 17.6 Å². The molecule has 23 heavy (non-hydrogen) atoms. The second-order valence-corrected chi connectivity index (χ2v) is 6.68. The van der Waals surface area contributed by atoms with Crippen LogP contribution in [0, 0.1) is 18.7 Å². The van der Waals surface area contributed by atoms with Crippen LogP contribution in [-0.2, 0) is 0 Å². The third-order valence-corrected chi connectivity index (χ3v) is 3.52. The minimum atomic E-state index is -0.392. The zero-order chi connectivity index (χ0) is 17.0. The predicted octanol–water partition coefficient (Wildman–Crippen LogP) is 3.73. The molecule has 0 saturated carbocycles. The number of hydrogen-bond acceptors (Lipinski definition) is 4. The number of ether oxygens (including phenoxy) is 1. The van der Waals surface area contributed by atoms with Crippen molar-refractivity contribution in [2.75, 3.05) is 6.61 Å². The van der Waals surface area contributed by atoms with E-state index in [0.717, 1.165) is 6.42 Å². The van der Waals surface area contributed by atoms with Crippen molar-refractivity contribution in [2.24, 2.45) is 11.7 Å². The van der Waals surface area contributed by atoms with Gasteiger partial charge in [0.25, 0.3) is 0 Å². The van der Waals surface area contributed by atoms with E-state index in [9.17, 15) is 4.39 Å². The van der Waals surface area contributed by atoms with Crippen LogP contribution in [0.2, 0.25) is 0 Å². The van der Waals surface area contributed by atoms with Crippen molar-refractivity contribution in [2.45, 2.75) is 39.7 Å². The van der Waals surface area contributed by atoms with Crippen LogP contribution >= 0.6 is 0 Å². The van der Waals surface area contributed by atoms with E-state index >= 15 is 0 Å². The molecule has 124 valence electrons. The first-order valence-corrected chi connectivity index (χ1v) is 7.78. The average Bonchev–Trinajstić information content (AvgIpc) is 2.45. The average molecular weight is 317 g/mol. The molecule has 0 aromatic carbocycles. The summed E-state index contributed by atoms with van der Waals surface area (Å²) in [5.41, 5.74) is 7.56. The monoisotopic (exact) mass is 317 g/mol. The Morgan fingerprint density at radius 1 is 1.30 bits per heavy atom. The van der Waals surface area contributed by atoms with Gasteiger partial charge >= 0.3 is 0 Å². The Labute approximate surface area is 136 Å². The van der Waals surface area contributed by atoms with E-state index in [-0.39, 0.29) is 5.82 Å². The lowest BCUT2D eigenvalue weighted by molar-refractivity contribution is 0.205. The van der Waals surface area contributed by atoms with Crippen LogP contribution in [0.1, 0.15) is 32.9 Å². The van der Waals surface area contributed by atoms with Crippen LogP contribution in [-0.4, -0.2) is 22.1 Å². The lowest BCUT2D eigenvalue weighted by Gasteiger charge is -2.27. The highest BCUT2D eigenvalue weighted by molar-refractivity contribution is 5.60. The number of nitrogens with zero attached hydrogens (tertiary/aromatic N) is 2. The van der Waals surface area contributed by atoms with E-state index in [4.69, 9.17) is 10.5 Å². The Morgan fingerprint density at radius 3 is 2.65 bits per heavy atom. The van der Waals surface area contributed by atoms with Gasteiger partial charge in [0.1, 0.15) is 12.4 Å². The maximum Gasteiger partial charge on any atom is 0.150 e. The molecule has 4 nitrogen and oxygen atoms in total. The van der Waals surface area contributed by atoms with Gasteiger partial charge in [0, 0.05) is 17.3 Å². The number of hydrogen-bond donors (Lipinski definition) is 1. The molecular formula is C18H24FN3O.